The van der Waals surface area contributed by atoms with Crippen molar-refractivity contribution in [2.75, 3.05) is 12.4 Å². The average Bonchev–Trinajstić information content (AvgIpc) is 3.78. The van der Waals surface area contributed by atoms with Crippen molar-refractivity contribution in [1.29, 1.82) is 5.26 Å². The van der Waals surface area contributed by atoms with Crippen molar-refractivity contribution in [3.63, 3.8) is 0 Å². The fourth-order valence-corrected chi connectivity index (χ4v) is 4.78. The summed E-state index contributed by atoms with van der Waals surface area (Å²) in [6.07, 6.45) is 2.43. The minimum atomic E-state index is -0.996. The molecule has 5 rings (SSSR count). The molecule has 0 unspecified atom stereocenters. The van der Waals surface area contributed by atoms with Crippen molar-refractivity contribution in [2.45, 2.75) is 31.8 Å². The van der Waals surface area contributed by atoms with Gasteiger partial charge in [-0.15, -0.1) is 0 Å². The van der Waals surface area contributed by atoms with Gasteiger partial charge in [-0.05, 0) is 67.8 Å². The van der Waals surface area contributed by atoms with E-state index >= 15 is 0 Å². The Kier molecular flexibility index (Phi) is 7.59. The van der Waals surface area contributed by atoms with Crippen molar-refractivity contribution >= 4 is 29.2 Å². The normalized spacial score (nSPS) is 14.0. The van der Waals surface area contributed by atoms with Crippen LogP contribution in [0.4, 0.5) is 11.6 Å². The first-order valence-electron chi connectivity index (χ1n) is 12.7. The van der Waals surface area contributed by atoms with E-state index in [4.69, 9.17) is 26.3 Å². The maximum absolute atomic E-state index is 13.9. The van der Waals surface area contributed by atoms with Crippen LogP contribution in [0, 0.1) is 17.2 Å². The van der Waals surface area contributed by atoms with Gasteiger partial charge < -0.3 is 14.8 Å². The Morgan fingerprint density at radius 2 is 1.85 bits per heavy atom. The topological polar surface area (TPSA) is 141 Å². The van der Waals surface area contributed by atoms with Crippen LogP contribution in [0.3, 0.4) is 0 Å². The first kappa shape index (κ1) is 27.6. The van der Waals surface area contributed by atoms with E-state index in [1.807, 2.05) is 6.07 Å². The molecule has 2 heterocycles. The van der Waals surface area contributed by atoms with Gasteiger partial charge in [0, 0.05) is 23.0 Å². The number of benzene rings is 2. The maximum atomic E-state index is 13.9. The van der Waals surface area contributed by atoms with Crippen molar-refractivity contribution in [2.24, 2.45) is 5.92 Å². The molecule has 1 N–H and O–H groups in total. The smallest absolute Gasteiger partial charge is 0.355 e. The second kappa shape index (κ2) is 11.3. The highest BCUT2D eigenvalue weighted by molar-refractivity contribution is 6.30. The lowest BCUT2D eigenvalue weighted by atomic mass is 9.99. The number of nitriles is 1. The molecular weight excluding hydrogens is 548 g/mol. The fraction of sp³-hybridized carbons (Fsp3) is 0.241. The van der Waals surface area contributed by atoms with Gasteiger partial charge in [-0.25, -0.2) is 19.1 Å². The highest BCUT2D eigenvalue weighted by Crippen LogP contribution is 2.48. The molecule has 0 amide bonds. The predicted molar refractivity (Wildman–Crippen MR) is 150 cm³/mol. The Balaban J connectivity index is 1.49. The molecule has 2 aromatic carbocycles. The number of methoxy groups -OCH3 is 1. The number of rotatable bonds is 9. The molecule has 11 nitrogen and oxygen atoms in total. The van der Waals surface area contributed by atoms with Gasteiger partial charge in [0.15, 0.2) is 0 Å². The SMILES string of the molecule is COC(=O)[C@H](C)C1(n2c(=O)nc(Nc3ccc(Oc4cc(C#N)ccn4)cc3)n(Cc3ccc(Cl)cc3)c2=O)CC1. The van der Waals surface area contributed by atoms with Gasteiger partial charge in [0.25, 0.3) is 0 Å². The molecule has 0 aliphatic heterocycles. The summed E-state index contributed by atoms with van der Waals surface area (Å²) in [4.78, 5) is 47.9. The zero-order valence-corrected chi connectivity index (χ0v) is 23.0. The molecule has 0 saturated heterocycles. The molecule has 4 aromatic rings. The molecule has 0 spiro atoms. The molecular formula is C29H25ClN6O5. The summed E-state index contributed by atoms with van der Waals surface area (Å²) < 4.78 is 13.1. The van der Waals surface area contributed by atoms with E-state index in [1.54, 1.807) is 61.5 Å². The maximum Gasteiger partial charge on any atom is 0.355 e. The van der Waals surface area contributed by atoms with Gasteiger partial charge in [0.05, 0.1) is 36.7 Å². The highest BCUT2D eigenvalue weighted by Gasteiger charge is 2.54. The Labute approximate surface area is 239 Å². The number of carbonyl (C=O) groups is 1. The third kappa shape index (κ3) is 5.69. The van der Waals surface area contributed by atoms with Gasteiger partial charge in [-0.2, -0.15) is 10.2 Å². The largest absolute Gasteiger partial charge is 0.469 e. The zero-order chi connectivity index (χ0) is 29.1. The number of nitrogens with zero attached hydrogens (tertiary/aromatic N) is 5. The van der Waals surface area contributed by atoms with Crippen LogP contribution in [0.25, 0.3) is 0 Å². The number of halogens is 1. The minimum Gasteiger partial charge on any atom is -0.469 e. The van der Waals surface area contributed by atoms with E-state index in [9.17, 15) is 14.4 Å². The van der Waals surface area contributed by atoms with Crippen LogP contribution >= 0.6 is 11.6 Å². The van der Waals surface area contributed by atoms with Crippen LogP contribution < -0.4 is 21.4 Å². The Morgan fingerprint density at radius 3 is 2.49 bits per heavy atom. The van der Waals surface area contributed by atoms with Gasteiger partial charge in [0.2, 0.25) is 11.8 Å². The van der Waals surface area contributed by atoms with Crippen molar-refractivity contribution in [3.05, 3.63) is 104 Å². The van der Waals surface area contributed by atoms with E-state index in [0.717, 1.165) is 10.1 Å². The molecule has 208 valence electrons. The van der Waals surface area contributed by atoms with Crippen LogP contribution in [-0.4, -0.2) is 32.2 Å². The lowest BCUT2D eigenvalue weighted by Crippen LogP contribution is -2.51. The summed E-state index contributed by atoms with van der Waals surface area (Å²) in [7, 11) is 1.28. The molecule has 1 saturated carbocycles. The summed E-state index contributed by atoms with van der Waals surface area (Å²) in [5.74, 6) is -0.449. The summed E-state index contributed by atoms with van der Waals surface area (Å²) in [6.45, 7) is 1.74. The van der Waals surface area contributed by atoms with Crippen LogP contribution in [0.5, 0.6) is 11.6 Å². The number of esters is 1. The summed E-state index contributed by atoms with van der Waals surface area (Å²) in [6, 6.07) is 18.8. The van der Waals surface area contributed by atoms with Gasteiger partial charge in [-0.3, -0.25) is 9.36 Å². The fourth-order valence-electron chi connectivity index (χ4n) is 4.65. The highest BCUT2D eigenvalue weighted by atomic mass is 35.5. The summed E-state index contributed by atoms with van der Waals surface area (Å²) in [5, 5.41) is 12.7. The van der Waals surface area contributed by atoms with Crippen LogP contribution in [0.2, 0.25) is 5.02 Å². The summed E-state index contributed by atoms with van der Waals surface area (Å²) in [5.41, 5.74) is -0.644. The Bertz CT molecular complexity index is 1760. The van der Waals surface area contributed by atoms with Crippen LogP contribution in [0.1, 0.15) is 30.9 Å². The van der Waals surface area contributed by atoms with Gasteiger partial charge in [-0.1, -0.05) is 23.7 Å². The van der Waals surface area contributed by atoms with E-state index < -0.39 is 28.8 Å². The predicted octanol–water partition coefficient (Wildman–Crippen LogP) is 4.21. The molecule has 2 aromatic heterocycles. The first-order valence-corrected chi connectivity index (χ1v) is 13.1. The number of aromatic nitrogens is 4. The second-order valence-electron chi connectivity index (χ2n) is 9.64. The second-order valence-corrected chi connectivity index (χ2v) is 10.1. The van der Waals surface area contributed by atoms with Crippen molar-refractivity contribution < 1.29 is 14.3 Å². The Hall–Kier alpha value is -4.95. The van der Waals surface area contributed by atoms with Crippen LogP contribution in [0.15, 0.2) is 76.4 Å². The van der Waals surface area contributed by atoms with Gasteiger partial charge in [0.1, 0.15) is 5.75 Å². The Morgan fingerprint density at radius 1 is 1.15 bits per heavy atom. The molecule has 1 aliphatic carbocycles. The average molecular weight is 573 g/mol. The van der Waals surface area contributed by atoms with Crippen molar-refractivity contribution in [3.8, 4) is 17.7 Å². The van der Waals surface area contributed by atoms with E-state index in [1.165, 1.54) is 23.9 Å². The third-order valence-corrected chi connectivity index (χ3v) is 7.34. The van der Waals surface area contributed by atoms with Gasteiger partial charge >= 0.3 is 17.3 Å². The van der Waals surface area contributed by atoms with Crippen molar-refractivity contribution in [1.82, 2.24) is 19.1 Å². The molecule has 0 bridgehead atoms. The molecule has 0 radical (unpaired) electrons. The monoisotopic (exact) mass is 572 g/mol. The number of carbonyl (C=O) groups excluding carboxylic acids is 1. The number of hydrogen-bond acceptors (Lipinski definition) is 9. The standard InChI is InChI=1S/C29H25ClN6O5/c1-18(25(37)40-2)29(12-13-29)36-27(38)34-26(35(28(36)39)17-19-3-5-21(30)6-4-19)33-22-7-9-23(10-8-22)41-24-15-20(16-31)11-14-32-24/h3-11,14-15,18H,12-13,17H2,1-2H3,(H,33,34,38)/t18-/m0/s1. The van der Waals surface area contributed by atoms with Crippen LogP contribution in [-0.2, 0) is 21.6 Å². The molecule has 1 fully saturated rings. The molecule has 12 heteroatoms. The number of nitrogens with one attached hydrogen (secondary N) is 1. The van der Waals surface area contributed by atoms with E-state index in [2.05, 4.69) is 15.3 Å². The molecule has 41 heavy (non-hydrogen) atoms. The lowest BCUT2D eigenvalue weighted by Gasteiger charge is -2.24. The summed E-state index contributed by atoms with van der Waals surface area (Å²) >= 11 is 6.04. The quantitative estimate of drug-likeness (QED) is 0.292. The molecule has 1 atom stereocenters. The number of ether oxygens (including phenoxy) is 2. The number of anilines is 2. The number of pyridine rings is 1. The number of hydrogen-bond donors (Lipinski definition) is 1. The first-order chi connectivity index (χ1) is 19.7. The minimum absolute atomic E-state index is 0.0322. The van der Waals surface area contributed by atoms with E-state index in [-0.39, 0.29) is 18.4 Å². The lowest BCUT2D eigenvalue weighted by molar-refractivity contribution is -0.147. The molecule has 1 aliphatic rings. The third-order valence-electron chi connectivity index (χ3n) is 7.09. The van der Waals surface area contributed by atoms with E-state index in [0.29, 0.717) is 34.9 Å². The zero-order valence-electron chi connectivity index (χ0n) is 22.2.